The molecule has 0 fully saturated rings. The number of nitrogens with zero attached hydrogens (tertiary/aromatic N) is 1. The fourth-order valence-corrected chi connectivity index (χ4v) is 11.6. The zero-order valence-electron chi connectivity index (χ0n) is 26.9. The van der Waals surface area contributed by atoms with E-state index in [2.05, 4.69) is 168 Å². The normalized spacial score (nSPS) is 14.1. The molecule has 50 heavy (non-hydrogen) atoms. The highest BCUT2D eigenvalue weighted by atomic mass is 32.2. The first-order valence-corrected chi connectivity index (χ1v) is 18.8. The van der Waals surface area contributed by atoms with Crippen LogP contribution in [0.3, 0.4) is 0 Å². The number of hydrogen-bond acceptors (Lipinski definition) is 2. The van der Waals surface area contributed by atoms with Gasteiger partial charge in [0.2, 0.25) is 0 Å². The molecule has 1 aliphatic carbocycles. The highest BCUT2D eigenvalue weighted by molar-refractivity contribution is 7.99. The van der Waals surface area contributed by atoms with Crippen molar-refractivity contribution in [3.8, 4) is 16.8 Å². The van der Waals surface area contributed by atoms with Gasteiger partial charge in [-0.25, -0.2) is 0 Å². The molecule has 0 N–H and O–H groups in total. The second kappa shape index (κ2) is 9.76. The van der Waals surface area contributed by atoms with Crippen LogP contribution in [0.1, 0.15) is 22.3 Å². The maximum atomic E-state index is 2.57. The largest absolute Gasteiger partial charge is 0.309 e. The standard InChI is InChI=1S/C47H27NS2/c1-2-12-30-28(11-1)21-23-40-46(30)35-26-39-45(27-41(35)48(40)29-22-24-43-34(25-29)33-15-5-9-19-42(33)49-43)50-44-20-10-8-18-38(44)47(39)36-16-6-3-13-31(36)32-14-4-7-17-37(32)47/h1-27H. The topological polar surface area (TPSA) is 4.93 Å². The third-order valence-electron chi connectivity index (χ3n) is 11.2. The Morgan fingerprint density at radius 3 is 1.94 bits per heavy atom. The van der Waals surface area contributed by atoms with E-state index in [4.69, 9.17) is 0 Å². The first-order chi connectivity index (χ1) is 24.8. The molecule has 8 aromatic carbocycles. The van der Waals surface area contributed by atoms with Gasteiger partial charge in [-0.3, -0.25) is 0 Å². The van der Waals surface area contributed by atoms with E-state index in [0.717, 1.165) is 0 Å². The van der Waals surface area contributed by atoms with E-state index in [1.807, 2.05) is 23.1 Å². The fourth-order valence-electron chi connectivity index (χ4n) is 9.27. The number of hydrogen-bond donors (Lipinski definition) is 0. The van der Waals surface area contributed by atoms with E-state index in [9.17, 15) is 0 Å². The van der Waals surface area contributed by atoms with Gasteiger partial charge in [0, 0.05) is 46.4 Å². The van der Waals surface area contributed by atoms with Gasteiger partial charge in [-0.2, -0.15) is 0 Å². The number of thiophene rings is 1. The molecule has 1 aliphatic heterocycles. The fraction of sp³-hybridized carbons (Fsp3) is 0.0213. The van der Waals surface area contributed by atoms with E-state index in [1.54, 1.807) is 0 Å². The molecule has 0 amide bonds. The molecular formula is C47H27NS2. The van der Waals surface area contributed by atoms with Gasteiger partial charge >= 0.3 is 0 Å². The van der Waals surface area contributed by atoms with Gasteiger partial charge in [-0.15, -0.1) is 11.3 Å². The maximum Gasteiger partial charge on any atom is 0.0735 e. The molecule has 3 heteroatoms. The molecule has 12 rings (SSSR count). The summed E-state index contributed by atoms with van der Waals surface area (Å²) in [7, 11) is 0. The molecule has 3 heterocycles. The molecule has 2 aromatic heterocycles. The molecule has 0 atom stereocenters. The average Bonchev–Trinajstić information content (AvgIpc) is 3.80. The van der Waals surface area contributed by atoms with Crippen molar-refractivity contribution in [3.63, 3.8) is 0 Å². The molecule has 1 spiro atoms. The van der Waals surface area contributed by atoms with Crippen molar-refractivity contribution in [2.24, 2.45) is 0 Å². The van der Waals surface area contributed by atoms with Gasteiger partial charge in [0.1, 0.15) is 0 Å². The summed E-state index contributed by atoms with van der Waals surface area (Å²) >= 11 is 3.79. The van der Waals surface area contributed by atoms with E-state index < -0.39 is 5.41 Å². The number of aromatic nitrogens is 1. The highest BCUT2D eigenvalue weighted by Crippen LogP contribution is 2.62. The van der Waals surface area contributed by atoms with Crippen LogP contribution in [0.2, 0.25) is 0 Å². The molecule has 0 radical (unpaired) electrons. The smallest absolute Gasteiger partial charge is 0.0735 e. The molecule has 0 bridgehead atoms. The summed E-state index contributed by atoms with van der Waals surface area (Å²) in [4.78, 5) is 2.64. The van der Waals surface area contributed by atoms with Gasteiger partial charge in [0.15, 0.2) is 0 Å². The van der Waals surface area contributed by atoms with E-state index in [0.29, 0.717) is 0 Å². The Morgan fingerprint density at radius 2 is 1.10 bits per heavy atom. The lowest BCUT2D eigenvalue weighted by atomic mass is 9.67. The van der Waals surface area contributed by atoms with Crippen molar-refractivity contribution in [1.29, 1.82) is 0 Å². The minimum absolute atomic E-state index is 0.411. The Kier molecular flexibility index (Phi) is 5.32. The average molecular weight is 670 g/mol. The summed E-state index contributed by atoms with van der Waals surface area (Å²) in [5.41, 5.74) is 11.4. The van der Waals surface area contributed by atoms with Crippen LogP contribution >= 0.6 is 23.1 Å². The van der Waals surface area contributed by atoms with E-state index in [1.165, 1.54) is 102 Å². The Balaban J connectivity index is 1.25. The van der Waals surface area contributed by atoms with Crippen molar-refractivity contribution < 1.29 is 0 Å². The predicted molar refractivity (Wildman–Crippen MR) is 213 cm³/mol. The zero-order valence-corrected chi connectivity index (χ0v) is 28.5. The quantitative estimate of drug-likeness (QED) is 0.168. The first kappa shape index (κ1) is 27.2. The molecule has 232 valence electrons. The van der Waals surface area contributed by atoms with Gasteiger partial charge < -0.3 is 4.57 Å². The predicted octanol–water partition coefficient (Wildman–Crippen LogP) is 13.1. The molecular weight excluding hydrogens is 643 g/mol. The number of fused-ring (bicyclic) bond motifs is 17. The third-order valence-corrected chi connectivity index (χ3v) is 13.5. The minimum atomic E-state index is -0.411. The summed E-state index contributed by atoms with van der Waals surface area (Å²) in [5, 5.41) is 7.81. The first-order valence-electron chi connectivity index (χ1n) is 17.2. The van der Waals surface area contributed by atoms with Crippen LogP contribution in [0.4, 0.5) is 0 Å². The maximum absolute atomic E-state index is 2.57. The molecule has 2 aliphatic rings. The molecule has 1 nitrogen and oxygen atoms in total. The van der Waals surface area contributed by atoms with E-state index in [-0.39, 0.29) is 0 Å². The Bertz CT molecular complexity index is 3040. The van der Waals surface area contributed by atoms with Crippen molar-refractivity contribution in [2.45, 2.75) is 15.2 Å². The zero-order chi connectivity index (χ0) is 32.6. The Morgan fingerprint density at radius 1 is 0.420 bits per heavy atom. The van der Waals surface area contributed by atoms with Crippen LogP contribution in [-0.4, -0.2) is 4.57 Å². The molecule has 0 saturated heterocycles. The van der Waals surface area contributed by atoms with Crippen LogP contribution in [0.5, 0.6) is 0 Å². The molecule has 10 aromatic rings. The summed E-state index contributed by atoms with van der Waals surface area (Å²) in [6, 6.07) is 61.7. The van der Waals surface area contributed by atoms with Crippen molar-refractivity contribution in [1.82, 2.24) is 4.57 Å². The summed E-state index contributed by atoms with van der Waals surface area (Å²) < 4.78 is 5.18. The van der Waals surface area contributed by atoms with Gasteiger partial charge in [-0.05, 0) is 92.7 Å². The van der Waals surface area contributed by atoms with Crippen molar-refractivity contribution in [2.75, 3.05) is 0 Å². The monoisotopic (exact) mass is 669 g/mol. The summed E-state index contributed by atoms with van der Waals surface area (Å²) in [6.45, 7) is 0. The van der Waals surface area contributed by atoms with Crippen molar-refractivity contribution in [3.05, 3.63) is 186 Å². The van der Waals surface area contributed by atoms with Gasteiger partial charge in [-0.1, -0.05) is 127 Å². The second-order valence-corrected chi connectivity index (χ2v) is 15.8. The molecule has 0 saturated carbocycles. The van der Waals surface area contributed by atoms with Crippen molar-refractivity contribution >= 4 is 75.8 Å². The second-order valence-electron chi connectivity index (χ2n) is 13.6. The summed E-state index contributed by atoms with van der Waals surface area (Å²) in [5.74, 6) is 0. The third kappa shape index (κ3) is 3.34. The number of rotatable bonds is 1. The number of benzene rings is 8. The van der Waals surface area contributed by atoms with Crippen LogP contribution in [0.15, 0.2) is 174 Å². The lowest BCUT2D eigenvalue weighted by molar-refractivity contribution is 0.724. The highest BCUT2D eigenvalue weighted by Gasteiger charge is 2.50. The minimum Gasteiger partial charge on any atom is -0.309 e. The van der Waals surface area contributed by atoms with Crippen LogP contribution in [0.25, 0.3) is 69.6 Å². The van der Waals surface area contributed by atoms with E-state index >= 15 is 0 Å². The SMILES string of the molecule is c1ccc2c(c1)Sc1cc3c(cc1C21c2ccccc2-c2ccccc21)c1c2ccccc2ccc1n3-c1ccc2sc3ccccc3c2c1. The lowest BCUT2D eigenvalue weighted by Gasteiger charge is -2.39. The van der Waals surface area contributed by atoms with Gasteiger partial charge in [0.25, 0.3) is 0 Å². The van der Waals surface area contributed by atoms with Gasteiger partial charge in [0.05, 0.1) is 16.4 Å². The Labute approximate surface area is 297 Å². The van der Waals surface area contributed by atoms with Crippen LogP contribution < -0.4 is 0 Å². The molecule has 0 unspecified atom stereocenters. The Hall–Kier alpha value is -5.61. The lowest BCUT2D eigenvalue weighted by Crippen LogP contribution is -2.31. The van der Waals surface area contributed by atoms with Crippen LogP contribution in [0, 0.1) is 0 Å². The summed E-state index contributed by atoms with van der Waals surface area (Å²) in [6.07, 6.45) is 0. The van der Waals surface area contributed by atoms with Crippen LogP contribution in [-0.2, 0) is 5.41 Å².